The largest absolute Gasteiger partial charge is 0.441 e. The Labute approximate surface area is 135 Å². The van der Waals surface area contributed by atoms with Crippen molar-refractivity contribution >= 4 is 28.3 Å². The molecule has 4 aromatic rings. The SMILES string of the molecule is Cc1nc2cc(NC(=O)Cn3nc4ccccn4c3=O)ccc2o1. The van der Waals surface area contributed by atoms with Gasteiger partial charge in [0.1, 0.15) is 12.1 Å². The summed E-state index contributed by atoms with van der Waals surface area (Å²) in [5.74, 6) is 0.213. The number of rotatable bonds is 3. The number of amides is 1. The molecule has 8 heteroatoms. The normalized spacial score (nSPS) is 11.2. The van der Waals surface area contributed by atoms with Crippen LogP contribution in [0.25, 0.3) is 16.7 Å². The number of carbonyl (C=O) groups is 1. The average molecular weight is 323 g/mol. The highest BCUT2D eigenvalue weighted by atomic mass is 16.3. The first-order valence-electron chi connectivity index (χ1n) is 7.31. The molecule has 0 fully saturated rings. The molecule has 0 aliphatic carbocycles. The highest BCUT2D eigenvalue weighted by molar-refractivity contribution is 5.92. The molecule has 0 aliphatic rings. The van der Waals surface area contributed by atoms with Crippen molar-refractivity contribution in [1.29, 1.82) is 0 Å². The van der Waals surface area contributed by atoms with Gasteiger partial charge in [-0.15, -0.1) is 5.10 Å². The first-order valence-corrected chi connectivity index (χ1v) is 7.31. The Kier molecular flexibility index (Phi) is 3.16. The van der Waals surface area contributed by atoms with Crippen molar-refractivity contribution in [3.05, 3.63) is 59.0 Å². The molecule has 1 N–H and O–H groups in total. The van der Waals surface area contributed by atoms with Crippen LogP contribution in [0.2, 0.25) is 0 Å². The van der Waals surface area contributed by atoms with Gasteiger partial charge in [-0.1, -0.05) is 6.07 Å². The third-order valence-electron chi connectivity index (χ3n) is 3.56. The summed E-state index contributed by atoms with van der Waals surface area (Å²) in [5.41, 5.74) is 2.04. The summed E-state index contributed by atoms with van der Waals surface area (Å²) in [6, 6.07) is 10.4. The smallest absolute Gasteiger partial charge is 0.350 e. The minimum atomic E-state index is -0.358. The molecule has 0 saturated carbocycles. The minimum absolute atomic E-state index is 0.170. The van der Waals surface area contributed by atoms with E-state index < -0.39 is 0 Å². The van der Waals surface area contributed by atoms with E-state index in [1.165, 1.54) is 4.40 Å². The van der Waals surface area contributed by atoms with E-state index >= 15 is 0 Å². The Balaban J connectivity index is 1.56. The number of nitrogens with zero attached hydrogens (tertiary/aromatic N) is 4. The lowest BCUT2D eigenvalue weighted by atomic mass is 10.3. The molecule has 0 aliphatic heterocycles. The zero-order chi connectivity index (χ0) is 16.7. The Hall–Kier alpha value is -3.42. The van der Waals surface area contributed by atoms with Gasteiger partial charge in [0.05, 0.1) is 0 Å². The number of fused-ring (bicyclic) bond motifs is 2. The number of hydrogen-bond acceptors (Lipinski definition) is 5. The molecule has 0 unspecified atom stereocenters. The number of aryl methyl sites for hydroxylation is 1. The highest BCUT2D eigenvalue weighted by Gasteiger charge is 2.11. The fraction of sp³-hybridized carbons (Fsp3) is 0.125. The fourth-order valence-corrected chi connectivity index (χ4v) is 2.53. The number of benzene rings is 1. The molecule has 0 saturated heterocycles. The van der Waals surface area contributed by atoms with E-state index in [2.05, 4.69) is 15.4 Å². The van der Waals surface area contributed by atoms with Gasteiger partial charge >= 0.3 is 5.69 Å². The van der Waals surface area contributed by atoms with E-state index in [0.29, 0.717) is 28.3 Å². The maximum absolute atomic E-state index is 12.2. The summed E-state index contributed by atoms with van der Waals surface area (Å²) < 4.78 is 7.91. The molecular weight excluding hydrogens is 310 g/mol. The zero-order valence-corrected chi connectivity index (χ0v) is 12.8. The molecule has 1 aromatic carbocycles. The molecule has 120 valence electrons. The van der Waals surface area contributed by atoms with E-state index in [9.17, 15) is 9.59 Å². The first-order chi connectivity index (χ1) is 11.6. The quantitative estimate of drug-likeness (QED) is 0.618. The third kappa shape index (κ3) is 2.43. The Morgan fingerprint density at radius 1 is 1.29 bits per heavy atom. The van der Waals surface area contributed by atoms with Gasteiger partial charge in [0, 0.05) is 18.8 Å². The second-order valence-electron chi connectivity index (χ2n) is 5.33. The minimum Gasteiger partial charge on any atom is -0.441 e. The summed E-state index contributed by atoms with van der Waals surface area (Å²) in [6.45, 7) is 1.59. The number of carbonyl (C=O) groups excluding carboxylic acids is 1. The lowest BCUT2D eigenvalue weighted by Gasteiger charge is -2.04. The zero-order valence-electron chi connectivity index (χ0n) is 12.8. The van der Waals surface area contributed by atoms with Crippen LogP contribution in [0.3, 0.4) is 0 Å². The maximum Gasteiger partial charge on any atom is 0.350 e. The van der Waals surface area contributed by atoms with Gasteiger partial charge in [-0.05, 0) is 30.3 Å². The van der Waals surface area contributed by atoms with Gasteiger partial charge in [-0.25, -0.2) is 14.5 Å². The van der Waals surface area contributed by atoms with E-state index in [4.69, 9.17) is 4.42 Å². The molecule has 0 bridgehead atoms. The Morgan fingerprint density at radius 3 is 3.00 bits per heavy atom. The van der Waals surface area contributed by atoms with E-state index in [0.717, 1.165) is 4.68 Å². The highest BCUT2D eigenvalue weighted by Crippen LogP contribution is 2.19. The number of aromatic nitrogens is 4. The molecule has 3 heterocycles. The fourth-order valence-electron chi connectivity index (χ4n) is 2.53. The van der Waals surface area contributed by atoms with Gasteiger partial charge in [-0.2, -0.15) is 0 Å². The van der Waals surface area contributed by atoms with Crippen molar-refractivity contribution in [2.75, 3.05) is 5.32 Å². The van der Waals surface area contributed by atoms with Crippen LogP contribution >= 0.6 is 0 Å². The van der Waals surface area contributed by atoms with Crippen LogP contribution < -0.4 is 11.0 Å². The summed E-state index contributed by atoms with van der Waals surface area (Å²) in [7, 11) is 0. The molecule has 3 aromatic heterocycles. The lowest BCUT2D eigenvalue weighted by Crippen LogP contribution is -2.28. The van der Waals surface area contributed by atoms with E-state index in [1.54, 1.807) is 49.5 Å². The Bertz CT molecular complexity index is 1120. The molecule has 24 heavy (non-hydrogen) atoms. The second kappa shape index (κ2) is 5.34. The lowest BCUT2D eigenvalue weighted by molar-refractivity contribution is -0.117. The average Bonchev–Trinajstić information content (AvgIpc) is 3.07. The van der Waals surface area contributed by atoms with Crippen LogP contribution in [0.4, 0.5) is 5.69 Å². The summed E-state index contributed by atoms with van der Waals surface area (Å²) >= 11 is 0. The van der Waals surface area contributed by atoms with Crippen LogP contribution in [0.5, 0.6) is 0 Å². The van der Waals surface area contributed by atoms with Crippen molar-refractivity contribution < 1.29 is 9.21 Å². The molecule has 8 nitrogen and oxygen atoms in total. The standard InChI is InChI=1S/C16H13N5O3/c1-10-17-12-8-11(5-6-13(12)24-10)18-15(22)9-21-16(23)20-7-3-2-4-14(20)19-21/h2-8H,9H2,1H3,(H,18,22). The van der Waals surface area contributed by atoms with Crippen molar-refractivity contribution in [2.45, 2.75) is 13.5 Å². The van der Waals surface area contributed by atoms with Crippen molar-refractivity contribution in [2.24, 2.45) is 0 Å². The number of anilines is 1. The predicted octanol–water partition coefficient (Wildman–Crippen LogP) is 1.58. The van der Waals surface area contributed by atoms with Crippen LogP contribution in [0.1, 0.15) is 5.89 Å². The summed E-state index contributed by atoms with van der Waals surface area (Å²) in [6.07, 6.45) is 1.61. The van der Waals surface area contributed by atoms with Crippen molar-refractivity contribution in [1.82, 2.24) is 19.2 Å². The number of oxazole rings is 1. The third-order valence-corrected chi connectivity index (χ3v) is 3.56. The van der Waals surface area contributed by atoms with Gasteiger partial charge in [-0.3, -0.25) is 9.20 Å². The predicted molar refractivity (Wildman–Crippen MR) is 86.8 cm³/mol. The molecule has 0 spiro atoms. The van der Waals surface area contributed by atoms with Gasteiger partial charge in [0.15, 0.2) is 17.1 Å². The number of nitrogens with one attached hydrogen (secondary N) is 1. The van der Waals surface area contributed by atoms with Crippen LogP contribution in [0, 0.1) is 6.92 Å². The van der Waals surface area contributed by atoms with Crippen molar-refractivity contribution in [3.8, 4) is 0 Å². The Morgan fingerprint density at radius 2 is 2.17 bits per heavy atom. The molecular formula is C16H13N5O3. The van der Waals surface area contributed by atoms with E-state index in [-0.39, 0.29) is 18.1 Å². The number of pyridine rings is 1. The van der Waals surface area contributed by atoms with Crippen LogP contribution in [-0.4, -0.2) is 25.1 Å². The van der Waals surface area contributed by atoms with Gasteiger partial charge in [0.2, 0.25) is 5.91 Å². The molecule has 1 amide bonds. The van der Waals surface area contributed by atoms with Crippen molar-refractivity contribution in [3.63, 3.8) is 0 Å². The van der Waals surface area contributed by atoms with Gasteiger partial charge in [0.25, 0.3) is 0 Å². The number of hydrogen-bond donors (Lipinski definition) is 1. The monoisotopic (exact) mass is 323 g/mol. The van der Waals surface area contributed by atoms with E-state index in [1.807, 2.05) is 0 Å². The summed E-state index contributed by atoms with van der Waals surface area (Å²) in [4.78, 5) is 28.6. The molecule has 0 radical (unpaired) electrons. The van der Waals surface area contributed by atoms with Gasteiger partial charge < -0.3 is 9.73 Å². The molecule has 4 rings (SSSR count). The summed E-state index contributed by atoms with van der Waals surface area (Å²) in [5, 5.41) is 6.86. The second-order valence-corrected chi connectivity index (χ2v) is 5.33. The first kappa shape index (κ1) is 14.2. The maximum atomic E-state index is 12.2. The van der Waals surface area contributed by atoms with Crippen LogP contribution in [0.15, 0.2) is 51.8 Å². The molecule has 0 atom stereocenters. The topological polar surface area (TPSA) is 94.4 Å². The van der Waals surface area contributed by atoms with Crippen LogP contribution in [-0.2, 0) is 11.3 Å².